The fourth-order valence-electron chi connectivity index (χ4n) is 1.61. The lowest BCUT2D eigenvalue weighted by atomic mass is 10.1. The van der Waals surface area contributed by atoms with Gasteiger partial charge in [0.05, 0.1) is 12.6 Å². The molecule has 0 amide bonds. The number of rotatable bonds is 10. The molecule has 0 fully saturated rings. The molecule has 0 aliphatic heterocycles. The average molecular weight is 272 g/mol. The van der Waals surface area contributed by atoms with E-state index in [1.54, 1.807) is 0 Å². The van der Waals surface area contributed by atoms with Gasteiger partial charge in [0.25, 0.3) is 0 Å². The van der Waals surface area contributed by atoms with E-state index in [2.05, 4.69) is 43.2 Å². The third-order valence-corrected chi connectivity index (χ3v) is 2.79. The number of nitrogens with two attached hydrogens (primary N) is 1. The minimum atomic E-state index is 0.151. The summed E-state index contributed by atoms with van der Waals surface area (Å²) >= 11 is 0. The maximum absolute atomic E-state index is 5.83. The van der Waals surface area contributed by atoms with Crippen LogP contribution in [0.1, 0.15) is 33.6 Å². The van der Waals surface area contributed by atoms with Gasteiger partial charge in [0, 0.05) is 19.7 Å². The first-order valence-electron chi connectivity index (χ1n) is 7.25. The van der Waals surface area contributed by atoms with Crippen LogP contribution in [0.5, 0.6) is 0 Å². The molecule has 0 aromatic rings. The first-order chi connectivity index (χ1) is 8.95. The number of aliphatic imine (C=N–C) groups is 1. The zero-order valence-electron chi connectivity index (χ0n) is 13.3. The van der Waals surface area contributed by atoms with E-state index in [1.165, 1.54) is 0 Å². The molecule has 114 valence electrons. The van der Waals surface area contributed by atoms with E-state index >= 15 is 0 Å². The van der Waals surface area contributed by atoms with E-state index in [0.717, 1.165) is 25.9 Å². The van der Waals surface area contributed by atoms with Crippen LogP contribution in [0.3, 0.4) is 0 Å². The Kier molecular flexibility index (Phi) is 10.6. The van der Waals surface area contributed by atoms with Crippen LogP contribution in [-0.4, -0.2) is 57.3 Å². The van der Waals surface area contributed by atoms with E-state index < -0.39 is 0 Å². The molecule has 0 bridgehead atoms. The summed E-state index contributed by atoms with van der Waals surface area (Å²) in [5.74, 6) is 1.20. The van der Waals surface area contributed by atoms with Gasteiger partial charge in [0.15, 0.2) is 5.96 Å². The van der Waals surface area contributed by atoms with Crippen molar-refractivity contribution in [2.75, 3.05) is 40.3 Å². The molecule has 1 atom stereocenters. The van der Waals surface area contributed by atoms with E-state index in [0.29, 0.717) is 25.0 Å². The van der Waals surface area contributed by atoms with Crippen molar-refractivity contribution >= 4 is 5.96 Å². The molecule has 0 aromatic heterocycles. The molecule has 0 aliphatic carbocycles. The Morgan fingerprint density at radius 2 is 2.00 bits per heavy atom. The molecule has 5 nitrogen and oxygen atoms in total. The van der Waals surface area contributed by atoms with Crippen molar-refractivity contribution in [1.29, 1.82) is 0 Å². The van der Waals surface area contributed by atoms with Gasteiger partial charge in [0.1, 0.15) is 0 Å². The van der Waals surface area contributed by atoms with E-state index in [9.17, 15) is 0 Å². The van der Waals surface area contributed by atoms with Crippen molar-refractivity contribution in [3.8, 4) is 0 Å². The molecule has 0 radical (unpaired) electrons. The van der Waals surface area contributed by atoms with Crippen LogP contribution in [0, 0.1) is 5.92 Å². The summed E-state index contributed by atoms with van der Waals surface area (Å²) < 4.78 is 5.67. The number of hydrogen-bond acceptors (Lipinski definition) is 3. The minimum Gasteiger partial charge on any atom is -0.377 e. The second kappa shape index (κ2) is 11.1. The fraction of sp³-hybridized carbons (Fsp3) is 0.929. The molecule has 0 aromatic carbocycles. The molecule has 0 saturated heterocycles. The van der Waals surface area contributed by atoms with Crippen LogP contribution in [0.25, 0.3) is 0 Å². The predicted octanol–water partition coefficient (Wildman–Crippen LogP) is 1.29. The van der Waals surface area contributed by atoms with Crippen LogP contribution in [0.2, 0.25) is 0 Å². The van der Waals surface area contributed by atoms with Gasteiger partial charge >= 0.3 is 0 Å². The summed E-state index contributed by atoms with van der Waals surface area (Å²) in [5, 5.41) is 3.14. The molecular formula is C14H32N4O. The monoisotopic (exact) mass is 272 g/mol. The molecule has 0 aliphatic rings. The van der Waals surface area contributed by atoms with Crippen molar-refractivity contribution in [2.45, 2.75) is 39.7 Å². The van der Waals surface area contributed by atoms with E-state index in [1.807, 2.05) is 6.92 Å². The number of ether oxygens (including phenoxy) is 1. The summed E-state index contributed by atoms with van der Waals surface area (Å²) in [6.07, 6.45) is 2.23. The Morgan fingerprint density at radius 3 is 2.53 bits per heavy atom. The van der Waals surface area contributed by atoms with Crippen molar-refractivity contribution in [1.82, 2.24) is 10.2 Å². The first kappa shape index (κ1) is 18.2. The van der Waals surface area contributed by atoms with Gasteiger partial charge in [-0.05, 0) is 39.8 Å². The lowest BCUT2D eigenvalue weighted by Crippen LogP contribution is -2.34. The topological polar surface area (TPSA) is 62.9 Å². The second-order valence-electron chi connectivity index (χ2n) is 5.50. The Labute approximate surface area is 118 Å². The largest absolute Gasteiger partial charge is 0.377 e. The number of hydrogen-bond donors (Lipinski definition) is 2. The summed E-state index contributed by atoms with van der Waals surface area (Å²) in [5.41, 5.74) is 5.83. The molecular weight excluding hydrogens is 240 g/mol. The van der Waals surface area contributed by atoms with Gasteiger partial charge in [0.2, 0.25) is 0 Å². The SMILES string of the molecule is CCOC(CCN(C)C)CN=C(N)NCCC(C)C. The van der Waals surface area contributed by atoms with Crippen LogP contribution < -0.4 is 11.1 Å². The lowest BCUT2D eigenvalue weighted by molar-refractivity contribution is 0.0582. The van der Waals surface area contributed by atoms with Crippen LogP contribution in [-0.2, 0) is 4.74 Å². The maximum atomic E-state index is 5.83. The van der Waals surface area contributed by atoms with E-state index in [4.69, 9.17) is 10.5 Å². The fourth-order valence-corrected chi connectivity index (χ4v) is 1.61. The molecule has 0 heterocycles. The molecule has 0 rings (SSSR count). The van der Waals surface area contributed by atoms with Crippen molar-refractivity contribution in [3.05, 3.63) is 0 Å². The van der Waals surface area contributed by atoms with Gasteiger partial charge in [-0.15, -0.1) is 0 Å². The zero-order valence-corrected chi connectivity index (χ0v) is 13.3. The third kappa shape index (κ3) is 12.0. The Morgan fingerprint density at radius 1 is 1.32 bits per heavy atom. The second-order valence-corrected chi connectivity index (χ2v) is 5.50. The predicted molar refractivity (Wildman–Crippen MR) is 82.5 cm³/mol. The zero-order chi connectivity index (χ0) is 14.7. The smallest absolute Gasteiger partial charge is 0.188 e. The molecule has 5 heteroatoms. The van der Waals surface area contributed by atoms with Gasteiger partial charge in [-0.25, -0.2) is 0 Å². The summed E-state index contributed by atoms with van der Waals surface area (Å²) in [6.45, 7) is 9.63. The number of guanidine groups is 1. The summed E-state index contributed by atoms with van der Waals surface area (Å²) in [7, 11) is 4.13. The highest BCUT2D eigenvalue weighted by molar-refractivity contribution is 5.77. The van der Waals surface area contributed by atoms with Gasteiger partial charge in [-0.2, -0.15) is 0 Å². The lowest BCUT2D eigenvalue weighted by Gasteiger charge is -2.18. The van der Waals surface area contributed by atoms with Crippen molar-refractivity contribution in [3.63, 3.8) is 0 Å². The van der Waals surface area contributed by atoms with Crippen molar-refractivity contribution in [2.24, 2.45) is 16.6 Å². The minimum absolute atomic E-state index is 0.151. The molecule has 0 saturated carbocycles. The van der Waals surface area contributed by atoms with Crippen molar-refractivity contribution < 1.29 is 4.74 Å². The van der Waals surface area contributed by atoms with Crippen LogP contribution in [0.15, 0.2) is 4.99 Å². The van der Waals surface area contributed by atoms with Gasteiger partial charge < -0.3 is 20.7 Å². The van der Waals surface area contributed by atoms with Crippen LogP contribution in [0.4, 0.5) is 0 Å². The highest BCUT2D eigenvalue weighted by Crippen LogP contribution is 2.01. The highest BCUT2D eigenvalue weighted by Gasteiger charge is 2.08. The Hall–Kier alpha value is -0.810. The summed E-state index contributed by atoms with van der Waals surface area (Å²) in [6, 6.07) is 0. The third-order valence-electron chi connectivity index (χ3n) is 2.79. The van der Waals surface area contributed by atoms with Gasteiger partial charge in [-0.3, -0.25) is 4.99 Å². The highest BCUT2D eigenvalue weighted by atomic mass is 16.5. The number of nitrogens with zero attached hydrogens (tertiary/aromatic N) is 2. The Balaban J connectivity index is 3.98. The van der Waals surface area contributed by atoms with Gasteiger partial charge in [-0.1, -0.05) is 13.8 Å². The normalized spacial score (nSPS) is 14.2. The summed E-state index contributed by atoms with van der Waals surface area (Å²) in [4.78, 5) is 6.51. The van der Waals surface area contributed by atoms with E-state index in [-0.39, 0.29) is 6.10 Å². The molecule has 19 heavy (non-hydrogen) atoms. The van der Waals surface area contributed by atoms with Crippen LogP contribution >= 0.6 is 0 Å². The number of nitrogens with one attached hydrogen (secondary N) is 1. The first-order valence-corrected chi connectivity index (χ1v) is 7.25. The quantitative estimate of drug-likeness (QED) is 0.465. The molecule has 0 spiro atoms. The molecule has 1 unspecified atom stereocenters. The molecule has 3 N–H and O–H groups in total. The average Bonchev–Trinajstić information content (AvgIpc) is 2.32. The maximum Gasteiger partial charge on any atom is 0.188 e. The Bertz CT molecular complexity index is 242. The standard InChI is InChI=1S/C14H32N4O/c1-6-19-13(8-10-18(4)5)11-17-14(15)16-9-7-12(2)3/h12-13H,6-11H2,1-5H3,(H3,15,16,17).